The van der Waals surface area contributed by atoms with Crippen molar-refractivity contribution in [2.45, 2.75) is 6.92 Å². The van der Waals surface area contributed by atoms with Gasteiger partial charge in [-0.25, -0.2) is 0 Å². The minimum atomic E-state index is -0.0863. The second-order valence-electron chi connectivity index (χ2n) is 3.95. The lowest BCUT2D eigenvalue weighted by atomic mass is 10.1. The van der Waals surface area contributed by atoms with Crippen LogP contribution in [-0.2, 0) is 0 Å². The second kappa shape index (κ2) is 5.84. The van der Waals surface area contributed by atoms with Crippen LogP contribution in [0.15, 0.2) is 46.9 Å². The van der Waals surface area contributed by atoms with Gasteiger partial charge in [-0.1, -0.05) is 17.7 Å². The van der Waals surface area contributed by atoms with Crippen LogP contribution in [0.5, 0.6) is 0 Å². The fourth-order valence-corrected chi connectivity index (χ4v) is 2.33. The van der Waals surface area contributed by atoms with Gasteiger partial charge in [0.25, 0.3) is 5.91 Å². The Bertz CT molecular complexity index is 598. The standard InChI is InChI=1S/C14H11BrINO/c1-9-3-2-4-10(7-9)14(18)17-11-5-6-12(15)13(16)8-11/h2-8H,1H3,(H,17,18). The molecule has 2 nitrogen and oxygen atoms in total. The third-order valence-corrected chi connectivity index (χ3v) is 4.78. The molecule has 0 aliphatic heterocycles. The van der Waals surface area contributed by atoms with Crippen molar-refractivity contribution in [1.82, 2.24) is 0 Å². The highest BCUT2D eigenvalue weighted by Gasteiger charge is 2.06. The molecule has 4 heteroatoms. The Morgan fingerprint density at radius 1 is 1.22 bits per heavy atom. The molecule has 1 N–H and O–H groups in total. The van der Waals surface area contributed by atoms with E-state index >= 15 is 0 Å². The van der Waals surface area contributed by atoms with Gasteiger partial charge in [-0.15, -0.1) is 0 Å². The topological polar surface area (TPSA) is 29.1 Å². The van der Waals surface area contributed by atoms with Crippen molar-refractivity contribution in [2.24, 2.45) is 0 Å². The molecular formula is C14H11BrINO. The molecule has 2 aromatic carbocycles. The zero-order chi connectivity index (χ0) is 13.1. The first kappa shape index (κ1) is 13.5. The van der Waals surface area contributed by atoms with Crippen molar-refractivity contribution in [3.8, 4) is 0 Å². The van der Waals surface area contributed by atoms with Gasteiger partial charge >= 0.3 is 0 Å². The normalized spacial score (nSPS) is 10.2. The third kappa shape index (κ3) is 3.32. The van der Waals surface area contributed by atoms with Crippen LogP contribution in [0.3, 0.4) is 0 Å². The summed E-state index contributed by atoms with van der Waals surface area (Å²) < 4.78 is 2.09. The number of anilines is 1. The molecule has 0 fully saturated rings. The maximum absolute atomic E-state index is 12.0. The Morgan fingerprint density at radius 2 is 2.00 bits per heavy atom. The number of amides is 1. The van der Waals surface area contributed by atoms with E-state index in [2.05, 4.69) is 43.8 Å². The lowest BCUT2D eigenvalue weighted by molar-refractivity contribution is 0.102. The molecule has 0 atom stereocenters. The molecule has 18 heavy (non-hydrogen) atoms. The van der Waals surface area contributed by atoms with E-state index in [-0.39, 0.29) is 5.91 Å². The summed E-state index contributed by atoms with van der Waals surface area (Å²) in [6.45, 7) is 1.97. The molecule has 0 aliphatic carbocycles. The second-order valence-corrected chi connectivity index (χ2v) is 5.97. The van der Waals surface area contributed by atoms with E-state index in [1.54, 1.807) is 0 Å². The molecule has 2 rings (SSSR count). The molecule has 0 saturated carbocycles. The third-order valence-electron chi connectivity index (χ3n) is 2.46. The fraction of sp³-hybridized carbons (Fsp3) is 0.0714. The van der Waals surface area contributed by atoms with E-state index in [0.717, 1.165) is 19.3 Å². The Hall–Kier alpha value is -0.880. The number of carbonyl (C=O) groups is 1. The van der Waals surface area contributed by atoms with Crippen LogP contribution >= 0.6 is 38.5 Å². The van der Waals surface area contributed by atoms with E-state index in [4.69, 9.17) is 0 Å². The van der Waals surface area contributed by atoms with Crippen LogP contribution in [0.1, 0.15) is 15.9 Å². The summed E-state index contributed by atoms with van der Waals surface area (Å²) in [6.07, 6.45) is 0. The minimum Gasteiger partial charge on any atom is -0.322 e. The largest absolute Gasteiger partial charge is 0.322 e. The zero-order valence-electron chi connectivity index (χ0n) is 9.71. The van der Waals surface area contributed by atoms with Gasteiger partial charge in [-0.05, 0) is 75.8 Å². The Kier molecular flexibility index (Phi) is 4.40. The summed E-state index contributed by atoms with van der Waals surface area (Å²) in [6, 6.07) is 13.3. The number of hydrogen-bond acceptors (Lipinski definition) is 1. The highest BCUT2D eigenvalue weighted by atomic mass is 127. The van der Waals surface area contributed by atoms with Crippen molar-refractivity contribution in [2.75, 3.05) is 5.32 Å². The van der Waals surface area contributed by atoms with Crippen LogP contribution in [-0.4, -0.2) is 5.91 Å². The molecular weight excluding hydrogens is 405 g/mol. The van der Waals surface area contributed by atoms with E-state index in [0.29, 0.717) is 5.56 Å². The van der Waals surface area contributed by atoms with Crippen LogP contribution in [0, 0.1) is 10.5 Å². The Morgan fingerprint density at radius 3 is 2.67 bits per heavy atom. The first-order valence-electron chi connectivity index (χ1n) is 5.39. The molecule has 0 saturated heterocycles. The van der Waals surface area contributed by atoms with E-state index in [1.807, 2.05) is 49.4 Å². The Labute approximate surface area is 128 Å². The first-order valence-corrected chi connectivity index (χ1v) is 7.26. The summed E-state index contributed by atoms with van der Waals surface area (Å²) >= 11 is 5.65. The van der Waals surface area contributed by atoms with Crippen molar-refractivity contribution in [3.63, 3.8) is 0 Å². The van der Waals surface area contributed by atoms with Crippen molar-refractivity contribution in [1.29, 1.82) is 0 Å². The van der Waals surface area contributed by atoms with Gasteiger partial charge in [-0.2, -0.15) is 0 Å². The number of hydrogen-bond donors (Lipinski definition) is 1. The lowest BCUT2D eigenvalue weighted by Crippen LogP contribution is -2.12. The van der Waals surface area contributed by atoms with E-state index in [1.165, 1.54) is 0 Å². The van der Waals surface area contributed by atoms with E-state index in [9.17, 15) is 4.79 Å². The average Bonchev–Trinajstić information content (AvgIpc) is 2.34. The van der Waals surface area contributed by atoms with Gasteiger partial charge in [0, 0.05) is 19.3 Å². The zero-order valence-corrected chi connectivity index (χ0v) is 13.4. The van der Waals surface area contributed by atoms with Crippen molar-refractivity contribution < 1.29 is 4.79 Å². The Balaban J connectivity index is 2.18. The maximum Gasteiger partial charge on any atom is 0.255 e. The van der Waals surface area contributed by atoms with Crippen molar-refractivity contribution in [3.05, 3.63) is 61.6 Å². The SMILES string of the molecule is Cc1cccc(C(=O)Nc2ccc(Br)c(I)c2)c1. The number of halogens is 2. The molecule has 0 radical (unpaired) electrons. The van der Waals surface area contributed by atoms with Gasteiger partial charge < -0.3 is 5.32 Å². The number of carbonyl (C=O) groups excluding carboxylic acids is 1. The highest BCUT2D eigenvalue weighted by molar-refractivity contribution is 14.1. The number of rotatable bonds is 2. The quantitative estimate of drug-likeness (QED) is 0.712. The number of aryl methyl sites for hydroxylation is 1. The molecule has 0 heterocycles. The van der Waals surface area contributed by atoms with Gasteiger partial charge in [0.2, 0.25) is 0 Å². The maximum atomic E-state index is 12.0. The summed E-state index contributed by atoms with van der Waals surface area (Å²) in [5.74, 6) is -0.0863. The van der Waals surface area contributed by atoms with Gasteiger partial charge in [-0.3, -0.25) is 4.79 Å². The van der Waals surface area contributed by atoms with Crippen LogP contribution in [0.25, 0.3) is 0 Å². The monoisotopic (exact) mass is 415 g/mol. The highest BCUT2D eigenvalue weighted by Crippen LogP contribution is 2.23. The smallest absolute Gasteiger partial charge is 0.255 e. The van der Waals surface area contributed by atoms with E-state index < -0.39 is 0 Å². The lowest BCUT2D eigenvalue weighted by Gasteiger charge is -2.07. The molecule has 0 aliphatic rings. The predicted molar refractivity (Wildman–Crippen MR) is 86.0 cm³/mol. The minimum absolute atomic E-state index is 0.0863. The van der Waals surface area contributed by atoms with Crippen molar-refractivity contribution >= 4 is 50.1 Å². The molecule has 0 aromatic heterocycles. The van der Waals surface area contributed by atoms with Crippen LogP contribution in [0.2, 0.25) is 0 Å². The number of benzene rings is 2. The molecule has 1 amide bonds. The first-order chi connectivity index (χ1) is 8.56. The summed E-state index contributed by atoms with van der Waals surface area (Å²) in [5, 5.41) is 2.89. The van der Waals surface area contributed by atoms with Gasteiger partial charge in [0.1, 0.15) is 0 Å². The molecule has 2 aromatic rings. The number of nitrogens with one attached hydrogen (secondary N) is 1. The molecule has 0 bridgehead atoms. The molecule has 0 unspecified atom stereocenters. The summed E-state index contributed by atoms with van der Waals surface area (Å²) in [5.41, 5.74) is 2.55. The molecule has 0 spiro atoms. The fourth-order valence-electron chi connectivity index (χ4n) is 1.56. The van der Waals surface area contributed by atoms with Crippen LogP contribution < -0.4 is 5.32 Å². The van der Waals surface area contributed by atoms with Gasteiger partial charge in [0.05, 0.1) is 0 Å². The summed E-state index contributed by atoms with van der Waals surface area (Å²) in [7, 11) is 0. The summed E-state index contributed by atoms with van der Waals surface area (Å²) in [4.78, 5) is 12.0. The van der Waals surface area contributed by atoms with Crippen LogP contribution in [0.4, 0.5) is 5.69 Å². The molecule has 92 valence electrons. The van der Waals surface area contributed by atoms with Gasteiger partial charge in [0.15, 0.2) is 0 Å². The predicted octanol–water partition coefficient (Wildman–Crippen LogP) is 4.61. The average molecular weight is 416 g/mol.